The minimum absolute atomic E-state index is 0.504. The summed E-state index contributed by atoms with van der Waals surface area (Å²) in [5, 5.41) is 13.3. The van der Waals surface area contributed by atoms with Crippen molar-refractivity contribution in [2.24, 2.45) is 16.8 Å². The van der Waals surface area contributed by atoms with E-state index < -0.39 is 24.5 Å². The summed E-state index contributed by atoms with van der Waals surface area (Å²) in [6, 6.07) is 6.67. The molecule has 8 heteroatoms. The van der Waals surface area contributed by atoms with Crippen LogP contribution in [0.25, 0.3) is 0 Å². The molecule has 1 rings (SSSR count). The fourth-order valence-electron chi connectivity index (χ4n) is 1.28. The van der Waals surface area contributed by atoms with Crippen LogP contribution < -0.4 is 11.1 Å². The Balaban J connectivity index is 2.75. The van der Waals surface area contributed by atoms with Gasteiger partial charge in [-0.1, -0.05) is 27.2 Å². The number of benzene rings is 1. The van der Waals surface area contributed by atoms with Crippen LogP contribution in [0.15, 0.2) is 33.9 Å². The van der Waals surface area contributed by atoms with E-state index in [2.05, 4.69) is 26.4 Å². The van der Waals surface area contributed by atoms with Crippen molar-refractivity contribution < 1.29 is 18.4 Å². The Morgan fingerprint density at radius 1 is 1.50 bits per heavy atom. The van der Waals surface area contributed by atoms with Gasteiger partial charge in [-0.15, -0.1) is 0 Å². The third kappa shape index (κ3) is 4.10. The van der Waals surface area contributed by atoms with Crippen LogP contribution in [0, 0.1) is 5.92 Å². The molecule has 100 valence electrons. The highest BCUT2D eigenvalue weighted by Crippen LogP contribution is 2.27. The Labute approximate surface area is 110 Å². The summed E-state index contributed by atoms with van der Waals surface area (Å²) in [5.74, 6) is -2.91. The SMILES string of the molecule is N/C(=N/O)C(CNc1cccc(Br)c1)C(F)(F)F. The van der Waals surface area contributed by atoms with Crippen molar-refractivity contribution in [2.45, 2.75) is 6.18 Å². The third-order valence-electron chi connectivity index (χ3n) is 2.20. The van der Waals surface area contributed by atoms with E-state index in [4.69, 9.17) is 10.9 Å². The maximum absolute atomic E-state index is 12.6. The molecule has 0 aromatic heterocycles. The molecular formula is C10H11BrF3N3O. The van der Waals surface area contributed by atoms with Crippen LogP contribution in [0.3, 0.4) is 0 Å². The summed E-state index contributed by atoms with van der Waals surface area (Å²) in [5.41, 5.74) is 5.53. The minimum Gasteiger partial charge on any atom is -0.409 e. The molecule has 0 radical (unpaired) electrons. The normalized spacial score (nSPS) is 14.3. The molecule has 0 aliphatic rings. The van der Waals surface area contributed by atoms with Crippen LogP contribution in [-0.4, -0.2) is 23.8 Å². The predicted octanol–water partition coefficient (Wildman–Crippen LogP) is 2.79. The number of oxime groups is 1. The van der Waals surface area contributed by atoms with Gasteiger partial charge in [0.1, 0.15) is 5.92 Å². The number of halogens is 4. The van der Waals surface area contributed by atoms with Crippen molar-refractivity contribution in [1.82, 2.24) is 0 Å². The molecule has 1 aromatic carbocycles. The first-order chi connectivity index (χ1) is 8.34. The van der Waals surface area contributed by atoms with Crippen molar-refractivity contribution >= 4 is 27.5 Å². The van der Waals surface area contributed by atoms with Crippen molar-refractivity contribution in [3.05, 3.63) is 28.7 Å². The molecule has 0 heterocycles. The van der Waals surface area contributed by atoms with Crippen LogP contribution in [-0.2, 0) is 0 Å². The summed E-state index contributed by atoms with van der Waals surface area (Å²) in [6.45, 7) is -0.504. The lowest BCUT2D eigenvalue weighted by Gasteiger charge is -2.19. The highest BCUT2D eigenvalue weighted by atomic mass is 79.9. The van der Waals surface area contributed by atoms with Crippen molar-refractivity contribution in [3.8, 4) is 0 Å². The number of amidine groups is 1. The van der Waals surface area contributed by atoms with E-state index in [1.807, 2.05) is 0 Å². The standard InChI is InChI=1S/C10H11BrF3N3O/c11-6-2-1-3-7(4-6)16-5-8(9(15)17-18)10(12,13)14/h1-4,8,16,18H,5H2,(H2,15,17). The van der Waals surface area contributed by atoms with Crippen molar-refractivity contribution in [1.29, 1.82) is 0 Å². The molecule has 1 unspecified atom stereocenters. The quantitative estimate of drug-likeness (QED) is 0.345. The highest BCUT2D eigenvalue weighted by molar-refractivity contribution is 9.10. The van der Waals surface area contributed by atoms with Gasteiger partial charge in [-0.3, -0.25) is 0 Å². The van der Waals surface area contributed by atoms with E-state index in [0.29, 0.717) is 5.69 Å². The van der Waals surface area contributed by atoms with Gasteiger partial charge in [0.25, 0.3) is 0 Å². The molecule has 0 aliphatic heterocycles. The van der Waals surface area contributed by atoms with Gasteiger partial charge in [0.15, 0.2) is 5.84 Å². The van der Waals surface area contributed by atoms with Gasteiger partial charge >= 0.3 is 6.18 Å². The van der Waals surface area contributed by atoms with Crippen LogP contribution in [0.4, 0.5) is 18.9 Å². The lowest BCUT2D eigenvalue weighted by atomic mass is 10.1. The molecule has 4 N–H and O–H groups in total. The summed E-state index contributed by atoms with van der Waals surface area (Å²) in [7, 11) is 0. The predicted molar refractivity (Wildman–Crippen MR) is 65.6 cm³/mol. The maximum Gasteiger partial charge on any atom is 0.400 e. The number of nitrogens with one attached hydrogen (secondary N) is 1. The number of anilines is 1. The zero-order chi connectivity index (χ0) is 13.8. The third-order valence-corrected chi connectivity index (χ3v) is 2.70. The Hall–Kier alpha value is -1.44. The topological polar surface area (TPSA) is 70.6 Å². The minimum atomic E-state index is -4.57. The van der Waals surface area contributed by atoms with Gasteiger partial charge in [-0.25, -0.2) is 0 Å². The van der Waals surface area contributed by atoms with Gasteiger partial charge in [-0.05, 0) is 18.2 Å². The smallest absolute Gasteiger partial charge is 0.400 e. The molecule has 0 bridgehead atoms. The summed E-state index contributed by atoms with van der Waals surface area (Å²) >= 11 is 3.20. The second-order valence-electron chi connectivity index (χ2n) is 3.51. The molecule has 0 saturated heterocycles. The van der Waals surface area contributed by atoms with Gasteiger partial charge in [0.05, 0.1) is 0 Å². The van der Waals surface area contributed by atoms with Crippen molar-refractivity contribution in [3.63, 3.8) is 0 Å². The molecule has 1 atom stereocenters. The fourth-order valence-corrected chi connectivity index (χ4v) is 1.68. The van der Waals surface area contributed by atoms with E-state index in [1.54, 1.807) is 24.3 Å². The molecule has 0 fully saturated rings. The Morgan fingerprint density at radius 2 is 2.17 bits per heavy atom. The molecule has 4 nitrogen and oxygen atoms in total. The molecular weight excluding hydrogens is 315 g/mol. The lowest BCUT2D eigenvalue weighted by molar-refractivity contribution is -0.152. The van der Waals surface area contributed by atoms with Crippen LogP contribution in [0.5, 0.6) is 0 Å². The Bertz CT molecular complexity index is 437. The van der Waals surface area contributed by atoms with Gasteiger partial charge in [0.2, 0.25) is 0 Å². The van der Waals surface area contributed by atoms with Gasteiger partial charge < -0.3 is 16.3 Å². The zero-order valence-corrected chi connectivity index (χ0v) is 10.7. The van der Waals surface area contributed by atoms with Crippen LogP contribution in [0.1, 0.15) is 0 Å². The molecule has 0 amide bonds. The van der Waals surface area contributed by atoms with E-state index in [9.17, 15) is 13.2 Å². The lowest BCUT2D eigenvalue weighted by Crippen LogP contribution is -2.40. The maximum atomic E-state index is 12.6. The summed E-state index contributed by atoms with van der Waals surface area (Å²) < 4.78 is 38.6. The van der Waals surface area contributed by atoms with E-state index in [0.717, 1.165) is 4.47 Å². The summed E-state index contributed by atoms with van der Waals surface area (Å²) in [6.07, 6.45) is -4.57. The van der Waals surface area contributed by atoms with Crippen LogP contribution in [0.2, 0.25) is 0 Å². The van der Waals surface area contributed by atoms with E-state index in [-0.39, 0.29) is 0 Å². The first-order valence-electron chi connectivity index (χ1n) is 4.88. The molecule has 1 aromatic rings. The van der Waals surface area contributed by atoms with Crippen LogP contribution >= 0.6 is 15.9 Å². The number of nitrogens with two attached hydrogens (primary N) is 1. The van der Waals surface area contributed by atoms with Crippen molar-refractivity contribution in [2.75, 3.05) is 11.9 Å². The number of hydrogen-bond donors (Lipinski definition) is 3. The molecule has 0 saturated carbocycles. The Kier molecular flexibility index (Phi) is 4.83. The number of hydrogen-bond acceptors (Lipinski definition) is 3. The monoisotopic (exact) mass is 325 g/mol. The largest absolute Gasteiger partial charge is 0.409 e. The first kappa shape index (κ1) is 14.6. The number of rotatable bonds is 4. The molecule has 0 spiro atoms. The van der Waals surface area contributed by atoms with Gasteiger partial charge in [0, 0.05) is 16.7 Å². The second-order valence-corrected chi connectivity index (χ2v) is 4.43. The molecule has 0 aliphatic carbocycles. The average molecular weight is 326 g/mol. The number of nitrogens with zero attached hydrogens (tertiary/aromatic N) is 1. The summed E-state index contributed by atoms with van der Waals surface area (Å²) in [4.78, 5) is 0. The fraction of sp³-hybridized carbons (Fsp3) is 0.300. The first-order valence-corrected chi connectivity index (χ1v) is 5.67. The van der Waals surface area contributed by atoms with Gasteiger partial charge in [-0.2, -0.15) is 13.2 Å². The highest BCUT2D eigenvalue weighted by Gasteiger charge is 2.42. The molecule has 18 heavy (non-hydrogen) atoms. The number of alkyl halides is 3. The average Bonchev–Trinajstić information content (AvgIpc) is 2.27. The Morgan fingerprint density at radius 3 is 2.67 bits per heavy atom. The van der Waals surface area contributed by atoms with E-state index >= 15 is 0 Å². The second kappa shape index (κ2) is 5.94. The zero-order valence-electron chi connectivity index (χ0n) is 9.08. The van der Waals surface area contributed by atoms with E-state index in [1.165, 1.54) is 0 Å².